The van der Waals surface area contributed by atoms with Crippen LogP contribution < -0.4 is 5.32 Å². The number of piperazine rings is 1. The predicted molar refractivity (Wildman–Crippen MR) is 75.8 cm³/mol. The maximum atomic E-state index is 3.39. The lowest BCUT2D eigenvalue weighted by Gasteiger charge is -2.45. The Bertz CT molecular complexity index is 256. The van der Waals surface area contributed by atoms with Crippen molar-refractivity contribution in [2.45, 2.75) is 51.1 Å². The van der Waals surface area contributed by atoms with Crippen LogP contribution in [-0.2, 0) is 0 Å². The van der Waals surface area contributed by atoms with Crippen LogP contribution in [0.5, 0.6) is 0 Å². The van der Waals surface area contributed by atoms with Gasteiger partial charge in [-0.05, 0) is 25.2 Å². The molecule has 3 rings (SSSR count). The summed E-state index contributed by atoms with van der Waals surface area (Å²) in [6, 6.07) is 1.75. The monoisotopic (exact) mass is 251 g/mol. The molecular weight excluding hydrogens is 222 g/mol. The van der Waals surface area contributed by atoms with Gasteiger partial charge < -0.3 is 5.32 Å². The topological polar surface area (TPSA) is 18.5 Å². The Morgan fingerprint density at radius 2 is 1.44 bits per heavy atom. The third-order valence-corrected chi connectivity index (χ3v) is 5.37. The maximum Gasteiger partial charge on any atom is 0.0346 e. The summed E-state index contributed by atoms with van der Waals surface area (Å²) in [5.74, 6) is 0.970. The van der Waals surface area contributed by atoms with Gasteiger partial charge in [-0.2, -0.15) is 0 Å². The first-order valence-electron chi connectivity index (χ1n) is 8.02. The summed E-state index contributed by atoms with van der Waals surface area (Å²) in [7, 11) is 0. The summed E-state index contributed by atoms with van der Waals surface area (Å²) >= 11 is 0. The number of nitrogens with one attached hydrogen (secondary N) is 1. The van der Waals surface area contributed by atoms with Gasteiger partial charge in [0.1, 0.15) is 0 Å². The molecule has 2 aliphatic heterocycles. The van der Waals surface area contributed by atoms with E-state index in [1.165, 1.54) is 71.4 Å². The van der Waals surface area contributed by atoms with Crippen LogP contribution in [0.25, 0.3) is 0 Å². The Labute approximate surface area is 112 Å². The average molecular weight is 251 g/mol. The summed E-state index contributed by atoms with van der Waals surface area (Å²) in [5, 5.41) is 3.39. The first-order chi connectivity index (χ1) is 8.83. The van der Waals surface area contributed by atoms with Gasteiger partial charge in [0.15, 0.2) is 0 Å². The molecule has 1 saturated carbocycles. The standard InChI is InChI=1S/C15H29N3/c1-13-3-2-4-14(6-5-13)17-7-9-18(10-8-17)15-11-16-12-15/h13-16H,2-12H2,1H3. The van der Waals surface area contributed by atoms with E-state index in [4.69, 9.17) is 0 Å². The lowest BCUT2D eigenvalue weighted by atomic mass is 10.0. The zero-order chi connectivity index (χ0) is 12.4. The molecule has 0 radical (unpaired) electrons. The molecule has 3 aliphatic rings. The fourth-order valence-electron chi connectivity index (χ4n) is 3.83. The summed E-state index contributed by atoms with van der Waals surface area (Å²) in [6.07, 6.45) is 7.28. The summed E-state index contributed by atoms with van der Waals surface area (Å²) in [5.41, 5.74) is 0. The van der Waals surface area contributed by atoms with Crippen LogP contribution in [0.4, 0.5) is 0 Å². The van der Waals surface area contributed by atoms with E-state index in [2.05, 4.69) is 22.0 Å². The fraction of sp³-hybridized carbons (Fsp3) is 1.00. The number of nitrogens with zero attached hydrogens (tertiary/aromatic N) is 2. The fourth-order valence-corrected chi connectivity index (χ4v) is 3.83. The Morgan fingerprint density at radius 1 is 0.778 bits per heavy atom. The van der Waals surface area contributed by atoms with Crippen molar-refractivity contribution in [3.63, 3.8) is 0 Å². The van der Waals surface area contributed by atoms with Crippen molar-refractivity contribution in [1.29, 1.82) is 0 Å². The van der Waals surface area contributed by atoms with E-state index in [1.807, 2.05) is 0 Å². The number of rotatable bonds is 2. The molecule has 0 aromatic heterocycles. The minimum absolute atomic E-state index is 0.848. The largest absolute Gasteiger partial charge is 0.314 e. The molecule has 0 aromatic carbocycles. The van der Waals surface area contributed by atoms with Crippen LogP contribution in [0.3, 0.4) is 0 Å². The second-order valence-corrected chi connectivity index (χ2v) is 6.65. The molecule has 2 atom stereocenters. The van der Waals surface area contributed by atoms with Gasteiger partial charge in [0.2, 0.25) is 0 Å². The van der Waals surface area contributed by atoms with Crippen molar-refractivity contribution in [1.82, 2.24) is 15.1 Å². The van der Waals surface area contributed by atoms with Crippen LogP contribution in [0.1, 0.15) is 39.0 Å². The van der Waals surface area contributed by atoms with Crippen LogP contribution in [0.15, 0.2) is 0 Å². The molecule has 3 nitrogen and oxygen atoms in total. The van der Waals surface area contributed by atoms with Gasteiger partial charge in [-0.1, -0.05) is 19.8 Å². The third kappa shape index (κ3) is 2.89. The lowest BCUT2D eigenvalue weighted by molar-refractivity contribution is 0.0476. The predicted octanol–water partition coefficient (Wildman–Crippen LogP) is 1.54. The zero-order valence-electron chi connectivity index (χ0n) is 11.9. The van der Waals surface area contributed by atoms with E-state index in [0.29, 0.717) is 0 Å². The summed E-state index contributed by atoms with van der Waals surface area (Å²) in [6.45, 7) is 10.1. The van der Waals surface area contributed by atoms with Crippen LogP contribution in [0, 0.1) is 5.92 Å². The zero-order valence-corrected chi connectivity index (χ0v) is 11.9. The van der Waals surface area contributed by atoms with Gasteiger partial charge >= 0.3 is 0 Å². The molecular formula is C15H29N3. The number of hydrogen-bond acceptors (Lipinski definition) is 3. The molecule has 2 heterocycles. The second-order valence-electron chi connectivity index (χ2n) is 6.65. The van der Waals surface area contributed by atoms with Gasteiger partial charge in [-0.25, -0.2) is 0 Å². The smallest absolute Gasteiger partial charge is 0.0346 e. The Morgan fingerprint density at radius 3 is 2.06 bits per heavy atom. The molecule has 3 heteroatoms. The van der Waals surface area contributed by atoms with Crippen LogP contribution >= 0.6 is 0 Å². The van der Waals surface area contributed by atoms with Crippen molar-refractivity contribution < 1.29 is 0 Å². The Balaban J connectivity index is 1.46. The van der Waals surface area contributed by atoms with E-state index in [-0.39, 0.29) is 0 Å². The minimum atomic E-state index is 0.848. The van der Waals surface area contributed by atoms with Gasteiger partial charge in [0, 0.05) is 51.4 Å². The summed E-state index contributed by atoms with van der Waals surface area (Å²) in [4.78, 5) is 5.49. The van der Waals surface area contributed by atoms with E-state index in [0.717, 1.165) is 18.0 Å². The highest BCUT2D eigenvalue weighted by atomic mass is 15.3. The molecule has 1 aliphatic carbocycles. The maximum absolute atomic E-state index is 3.39. The van der Waals surface area contributed by atoms with E-state index >= 15 is 0 Å². The van der Waals surface area contributed by atoms with Crippen molar-refractivity contribution >= 4 is 0 Å². The van der Waals surface area contributed by atoms with E-state index in [1.54, 1.807) is 0 Å². The van der Waals surface area contributed by atoms with Crippen molar-refractivity contribution in [2.24, 2.45) is 5.92 Å². The molecule has 1 N–H and O–H groups in total. The van der Waals surface area contributed by atoms with Gasteiger partial charge in [0.25, 0.3) is 0 Å². The molecule has 0 aromatic rings. The Hall–Kier alpha value is -0.120. The highest BCUT2D eigenvalue weighted by molar-refractivity contribution is 4.89. The van der Waals surface area contributed by atoms with Gasteiger partial charge in [0.05, 0.1) is 0 Å². The normalized spacial score (nSPS) is 37.2. The highest BCUT2D eigenvalue weighted by Crippen LogP contribution is 2.26. The van der Waals surface area contributed by atoms with E-state index in [9.17, 15) is 0 Å². The Kier molecular flexibility index (Phi) is 4.22. The summed E-state index contributed by atoms with van der Waals surface area (Å²) < 4.78 is 0. The van der Waals surface area contributed by atoms with Gasteiger partial charge in [-0.3, -0.25) is 9.80 Å². The minimum Gasteiger partial charge on any atom is -0.314 e. The first-order valence-corrected chi connectivity index (χ1v) is 8.02. The number of hydrogen-bond donors (Lipinski definition) is 1. The molecule has 0 amide bonds. The van der Waals surface area contributed by atoms with E-state index < -0.39 is 0 Å². The highest BCUT2D eigenvalue weighted by Gasteiger charge is 2.30. The second kappa shape index (κ2) is 5.89. The quantitative estimate of drug-likeness (QED) is 0.751. The molecule has 2 unspecified atom stereocenters. The average Bonchev–Trinajstić information content (AvgIpc) is 2.53. The van der Waals surface area contributed by atoms with Crippen molar-refractivity contribution in [3.05, 3.63) is 0 Å². The van der Waals surface area contributed by atoms with Crippen molar-refractivity contribution in [3.8, 4) is 0 Å². The van der Waals surface area contributed by atoms with Crippen molar-refractivity contribution in [2.75, 3.05) is 39.3 Å². The molecule has 3 fully saturated rings. The van der Waals surface area contributed by atoms with Crippen LogP contribution in [0.2, 0.25) is 0 Å². The molecule has 0 bridgehead atoms. The molecule has 104 valence electrons. The first kappa shape index (κ1) is 12.9. The lowest BCUT2D eigenvalue weighted by Crippen LogP contribution is -2.62. The SMILES string of the molecule is CC1CCCC(N2CCN(C3CNC3)CC2)CC1. The molecule has 18 heavy (non-hydrogen) atoms. The molecule has 0 spiro atoms. The molecule has 2 saturated heterocycles. The third-order valence-electron chi connectivity index (χ3n) is 5.37. The van der Waals surface area contributed by atoms with Crippen LogP contribution in [-0.4, -0.2) is 61.2 Å². The van der Waals surface area contributed by atoms with Gasteiger partial charge in [-0.15, -0.1) is 0 Å².